The number of carbonyl (C=O) groups excluding carboxylic acids is 2. The van der Waals surface area contributed by atoms with Gasteiger partial charge in [-0.3, -0.25) is 9.59 Å². The lowest BCUT2D eigenvalue weighted by molar-refractivity contribution is -0.146. The third-order valence-corrected chi connectivity index (χ3v) is 3.64. The van der Waals surface area contributed by atoms with Crippen molar-refractivity contribution in [3.8, 4) is 0 Å². The van der Waals surface area contributed by atoms with Crippen LogP contribution in [0.25, 0.3) is 0 Å². The van der Waals surface area contributed by atoms with Gasteiger partial charge >= 0.3 is 0 Å². The minimum absolute atomic E-state index is 0.00195. The predicted octanol–water partition coefficient (Wildman–Crippen LogP) is 1.38. The van der Waals surface area contributed by atoms with Gasteiger partial charge in [0.2, 0.25) is 0 Å². The van der Waals surface area contributed by atoms with E-state index in [1.165, 1.54) is 0 Å². The Morgan fingerprint density at radius 2 is 2.00 bits per heavy atom. The third-order valence-electron chi connectivity index (χ3n) is 3.64. The summed E-state index contributed by atoms with van der Waals surface area (Å²) in [5.74, 6) is 0.214. The molecule has 2 saturated heterocycles. The molecule has 0 saturated carbocycles. The zero-order valence-corrected chi connectivity index (χ0v) is 10.6. The maximum absolute atomic E-state index is 12.2. The van der Waals surface area contributed by atoms with Crippen LogP contribution in [-0.2, 0) is 14.3 Å². The van der Waals surface area contributed by atoms with E-state index in [0.29, 0.717) is 13.2 Å². The molecule has 4 nitrogen and oxygen atoms in total. The number of hydrogen-bond acceptors (Lipinski definition) is 3. The molecule has 96 valence electrons. The lowest BCUT2D eigenvalue weighted by atomic mass is 9.99. The number of amides is 1. The summed E-state index contributed by atoms with van der Waals surface area (Å²) in [7, 11) is 0. The van der Waals surface area contributed by atoms with Crippen molar-refractivity contribution < 1.29 is 14.3 Å². The lowest BCUT2D eigenvalue weighted by Gasteiger charge is -2.27. The van der Waals surface area contributed by atoms with Gasteiger partial charge in [-0.15, -0.1) is 0 Å². The van der Waals surface area contributed by atoms with Crippen LogP contribution in [0.2, 0.25) is 0 Å². The van der Waals surface area contributed by atoms with E-state index in [1.807, 2.05) is 13.8 Å². The fraction of sp³-hybridized carbons (Fsp3) is 0.846. The molecular formula is C13H21NO3. The van der Waals surface area contributed by atoms with E-state index in [0.717, 1.165) is 25.7 Å². The number of ketones is 1. The zero-order valence-electron chi connectivity index (χ0n) is 10.6. The molecule has 0 radical (unpaired) electrons. The molecule has 0 aromatic carbocycles. The summed E-state index contributed by atoms with van der Waals surface area (Å²) in [5, 5.41) is 0. The van der Waals surface area contributed by atoms with Crippen molar-refractivity contribution in [3.63, 3.8) is 0 Å². The van der Waals surface area contributed by atoms with Crippen LogP contribution in [0.5, 0.6) is 0 Å². The van der Waals surface area contributed by atoms with Crippen LogP contribution in [0.3, 0.4) is 0 Å². The van der Waals surface area contributed by atoms with E-state index in [2.05, 4.69) is 0 Å². The number of nitrogens with zero attached hydrogens (tertiary/aromatic N) is 1. The second-order valence-corrected chi connectivity index (χ2v) is 5.25. The number of ether oxygens (including phenoxy) is 1. The van der Waals surface area contributed by atoms with E-state index < -0.39 is 0 Å². The molecule has 2 fully saturated rings. The molecule has 17 heavy (non-hydrogen) atoms. The van der Waals surface area contributed by atoms with Crippen molar-refractivity contribution in [1.29, 1.82) is 0 Å². The minimum Gasteiger partial charge on any atom is -0.368 e. The van der Waals surface area contributed by atoms with Gasteiger partial charge in [0.1, 0.15) is 6.10 Å². The molecule has 0 aliphatic carbocycles. The second-order valence-electron chi connectivity index (χ2n) is 5.25. The van der Waals surface area contributed by atoms with Crippen molar-refractivity contribution >= 4 is 11.7 Å². The Bertz CT molecular complexity index is 308. The van der Waals surface area contributed by atoms with Gasteiger partial charge in [0.25, 0.3) is 5.91 Å². The topological polar surface area (TPSA) is 46.6 Å². The van der Waals surface area contributed by atoms with Crippen molar-refractivity contribution in [2.24, 2.45) is 5.92 Å². The summed E-state index contributed by atoms with van der Waals surface area (Å²) in [5.41, 5.74) is 0. The Labute approximate surface area is 102 Å². The molecule has 0 bridgehead atoms. The van der Waals surface area contributed by atoms with Gasteiger partial charge in [-0.2, -0.15) is 0 Å². The van der Waals surface area contributed by atoms with Crippen molar-refractivity contribution in [2.75, 3.05) is 13.2 Å². The first kappa shape index (κ1) is 12.6. The molecule has 2 aliphatic rings. The van der Waals surface area contributed by atoms with Gasteiger partial charge in [-0.05, 0) is 25.7 Å². The summed E-state index contributed by atoms with van der Waals surface area (Å²) >= 11 is 0. The van der Waals surface area contributed by atoms with Crippen LogP contribution < -0.4 is 0 Å². The molecule has 2 atom stereocenters. The van der Waals surface area contributed by atoms with Crippen molar-refractivity contribution in [1.82, 2.24) is 4.90 Å². The Balaban J connectivity index is 2.03. The van der Waals surface area contributed by atoms with E-state index in [-0.39, 0.29) is 29.8 Å². The standard InChI is InChI=1S/C13H21NO3/c1-9(2)12(15)10-5-3-7-14(10)13(16)11-6-4-8-17-11/h9-11H,3-8H2,1-2H3/t10-,11+/m0/s1. The average molecular weight is 239 g/mol. The smallest absolute Gasteiger partial charge is 0.252 e. The van der Waals surface area contributed by atoms with Crippen LogP contribution in [-0.4, -0.2) is 41.9 Å². The second kappa shape index (κ2) is 5.17. The maximum Gasteiger partial charge on any atom is 0.252 e. The predicted molar refractivity (Wildman–Crippen MR) is 63.6 cm³/mol. The fourth-order valence-corrected chi connectivity index (χ4v) is 2.67. The van der Waals surface area contributed by atoms with Crippen LogP contribution in [0.15, 0.2) is 0 Å². The van der Waals surface area contributed by atoms with Gasteiger partial charge in [0.05, 0.1) is 6.04 Å². The first-order chi connectivity index (χ1) is 8.11. The summed E-state index contributed by atoms with van der Waals surface area (Å²) < 4.78 is 5.41. The maximum atomic E-state index is 12.2. The number of likely N-dealkylation sites (tertiary alicyclic amines) is 1. The number of hydrogen-bond donors (Lipinski definition) is 0. The van der Waals surface area contributed by atoms with E-state index in [9.17, 15) is 9.59 Å². The zero-order chi connectivity index (χ0) is 12.4. The molecule has 0 aromatic heterocycles. The molecule has 2 rings (SSSR count). The molecule has 0 spiro atoms. The molecule has 0 N–H and O–H groups in total. The quantitative estimate of drug-likeness (QED) is 0.747. The van der Waals surface area contributed by atoms with Gasteiger partial charge in [0.15, 0.2) is 5.78 Å². The van der Waals surface area contributed by atoms with Crippen LogP contribution >= 0.6 is 0 Å². The fourth-order valence-electron chi connectivity index (χ4n) is 2.67. The molecule has 2 heterocycles. The Morgan fingerprint density at radius 1 is 1.24 bits per heavy atom. The minimum atomic E-state index is -0.296. The summed E-state index contributed by atoms with van der Waals surface area (Å²) in [6.07, 6.45) is 3.21. The third kappa shape index (κ3) is 2.51. The highest BCUT2D eigenvalue weighted by Crippen LogP contribution is 2.24. The van der Waals surface area contributed by atoms with Gasteiger partial charge < -0.3 is 9.64 Å². The normalized spacial score (nSPS) is 29.0. The molecule has 1 amide bonds. The highest BCUT2D eigenvalue weighted by Gasteiger charge is 2.38. The van der Waals surface area contributed by atoms with Crippen LogP contribution in [0.4, 0.5) is 0 Å². The van der Waals surface area contributed by atoms with E-state index in [4.69, 9.17) is 4.74 Å². The molecule has 4 heteroatoms. The molecule has 2 aliphatic heterocycles. The van der Waals surface area contributed by atoms with Crippen molar-refractivity contribution in [3.05, 3.63) is 0 Å². The van der Waals surface area contributed by atoms with Gasteiger partial charge in [-0.1, -0.05) is 13.8 Å². The summed E-state index contributed by atoms with van der Waals surface area (Å²) in [6.45, 7) is 5.18. The first-order valence-electron chi connectivity index (χ1n) is 6.57. The highest BCUT2D eigenvalue weighted by molar-refractivity contribution is 5.92. The number of carbonyl (C=O) groups is 2. The first-order valence-corrected chi connectivity index (χ1v) is 6.57. The van der Waals surface area contributed by atoms with Gasteiger partial charge in [-0.25, -0.2) is 0 Å². The molecule has 0 unspecified atom stereocenters. The number of rotatable bonds is 3. The average Bonchev–Trinajstić information content (AvgIpc) is 2.97. The largest absolute Gasteiger partial charge is 0.368 e. The summed E-state index contributed by atoms with van der Waals surface area (Å²) in [6, 6.07) is -0.202. The molecular weight excluding hydrogens is 218 g/mol. The Morgan fingerprint density at radius 3 is 2.59 bits per heavy atom. The van der Waals surface area contributed by atoms with Crippen LogP contribution in [0, 0.1) is 5.92 Å². The van der Waals surface area contributed by atoms with Gasteiger partial charge in [0, 0.05) is 19.1 Å². The van der Waals surface area contributed by atoms with Crippen molar-refractivity contribution in [2.45, 2.75) is 51.7 Å². The Kier molecular flexibility index (Phi) is 3.82. The highest BCUT2D eigenvalue weighted by atomic mass is 16.5. The lowest BCUT2D eigenvalue weighted by Crippen LogP contribution is -2.46. The summed E-state index contributed by atoms with van der Waals surface area (Å²) in [4.78, 5) is 26.0. The monoisotopic (exact) mass is 239 g/mol. The number of Topliss-reactive ketones (excluding diaryl/α,β-unsaturated/α-hetero) is 1. The molecule has 0 aromatic rings. The van der Waals surface area contributed by atoms with E-state index in [1.54, 1.807) is 4.90 Å². The van der Waals surface area contributed by atoms with E-state index >= 15 is 0 Å². The Hall–Kier alpha value is -0.900. The SMILES string of the molecule is CC(C)C(=O)[C@@H]1CCCN1C(=O)[C@H]1CCCO1. The van der Waals surface area contributed by atoms with Crippen LogP contribution in [0.1, 0.15) is 39.5 Å².